The number of benzene rings is 1. The van der Waals surface area contributed by atoms with Crippen LogP contribution < -0.4 is 14.8 Å². The Morgan fingerprint density at radius 3 is 2.82 bits per heavy atom. The topological polar surface area (TPSA) is 56.8 Å². The summed E-state index contributed by atoms with van der Waals surface area (Å²) in [6.07, 6.45) is 0.280. The molecule has 0 saturated carbocycles. The van der Waals surface area contributed by atoms with Crippen LogP contribution in [0.3, 0.4) is 0 Å². The highest BCUT2D eigenvalue weighted by atomic mass is 32.2. The van der Waals surface area contributed by atoms with Gasteiger partial charge in [0.1, 0.15) is 5.60 Å². The summed E-state index contributed by atoms with van der Waals surface area (Å²) in [6, 6.07) is 5.59. The molecule has 0 radical (unpaired) electrons. The molecular weight excluding hydrogens is 302 g/mol. The first-order chi connectivity index (χ1) is 10.2. The van der Waals surface area contributed by atoms with Crippen LogP contribution in [0.25, 0.3) is 0 Å². The Morgan fingerprint density at radius 1 is 1.41 bits per heavy atom. The molecule has 1 aliphatic rings. The quantitative estimate of drug-likeness (QED) is 0.517. The Kier molecular flexibility index (Phi) is 4.92. The van der Waals surface area contributed by atoms with Gasteiger partial charge in [-0.2, -0.15) is 0 Å². The molecule has 122 valence electrons. The van der Waals surface area contributed by atoms with Gasteiger partial charge in [-0.1, -0.05) is 12.1 Å². The predicted molar refractivity (Wildman–Crippen MR) is 87.3 cm³/mol. The van der Waals surface area contributed by atoms with E-state index in [1.54, 1.807) is 6.07 Å². The van der Waals surface area contributed by atoms with Crippen LogP contribution in [0.1, 0.15) is 40.2 Å². The number of amides is 1. The highest BCUT2D eigenvalue weighted by molar-refractivity contribution is 7.94. The fourth-order valence-electron chi connectivity index (χ4n) is 2.10. The smallest absolute Gasteiger partial charge is 0.413 e. The summed E-state index contributed by atoms with van der Waals surface area (Å²) in [5.74, 6) is 1.42. The Hall–Kier alpha value is -1.40. The highest BCUT2D eigenvalue weighted by Gasteiger charge is 2.32. The number of carbonyl (C=O) groups excluding carboxylic acids is 1. The lowest BCUT2D eigenvalue weighted by Gasteiger charge is -2.18. The third-order valence-electron chi connectivity index (χ3n) is 2.84. The van der Waals surface area contributed by atoms with E-state index >= 15 is 0 Å². The SMILES string of the molecule is CC(C)(C)OSCNC(=O)Oc1cccc2c1OC(C)(C)C2. The van der Waals surface area contributed by atoms with E-state index in [2.05, 4.69) is 5.32 Å². The Bertz CT molecular complexity index is 552. The molecule has 1 N–H and O–H groups in total. The van der Waals surface area contributed by atoms with Gasteiger partial charge in [0.25, 0.3) is 0 Å². The van der Waals surface area contributed by atoms with Crippen molar-refractivity contribution < 1.29 is 18.5 Å². The first kappa shape index (κ1) is 17.0. The van der Waals surface area contributed by atoms with E-state index in [0.717, 1.165) is 12.0 Å². The van der Waals surface area contributed by atoms with E-state index in [1.807, 2.05) is 46.8 Å². The Balaban J connectivity index is 1.87. The second kappa shape index (κ2) is 6.38. The minimum absolute atomic E-state index is 0.254. The Labute approximate surface area is 135 Å². The Morgan fingerprint density at radius 2 is 2.14 bits per heavy atom. The summed E-state index contributed by atoms with van der Waals surface area (Å²) < 4.78 is 16.7. The van der Waals surface area contributed by atoms with Crippen molar-refractivity contribution in [3.8, 4) is 11.5 Å². The molecule has 1 aliphatic heterocycles. The van der Waals surface area contributed by atoms with Crippen LogP contribution in [0.2, 0.25) is 0 Å². The maximum absolute atomic E-state index is 11.8. The van der Waals surface area contributed by atoms with Crippen LogP contribution in [0, 0.1) is 0 Å². The van der Waals surface area contributed by atoms with E-state index in [-0.39, 0.29) is 11.2 Å². The van der Waals surface area contributed by atoms with Crippen molar-refractivity contribution in [2.45, 2.75) is 52.2 Å². The maximum Gasteiger partial charge on any atom is 0.413 e. The molecule has 0 aromatic heterocycles. The molecule has 1 aromatic rings. The molecule has 2 rings (SSSR count). The van der Waals surface area contributed by atoms with Gasteiger partial charge in [0.05, 0.1) is 11.5 Å². The van der Waals surface area contributed by atoms with Crippen LogP contribution in [0.4, 0.5) is 4.79 Å². The van der Waals surface area contributed by atoms with Crippen molar-refractivity contribution >= 4 is 18.1 Å². The summed E-state index contributed by atoms with van der Waals surface area (Å²) in [5, 5.41) is 2.64. The van der Waals surface area contributed by atoms with E-state index in [0.29, 0.717) is 17.4 Å². The van der Waals surface area contributed by atoms with E-state index < -0.39 is 6.09 Å². The number of fused-ring (bicyclic) bond motifs is 1. The summed E-state index contributed by atoms with van der Waals surface area (Å²) in [6.45, 7) is 9.87. The zero-order valence-electron chi connectivity index (χ0n) is 13.7. The molecule has 1 heterocycles. The van der Waals surface area contributed by atoms with E-state index in [1.165, 1.54) is 12.0 Å². The molecule has 0 unspecified atom stereocenters. The fraction of sp³-hybridized carbons (Fsp3) is 0.562. The van der Waals surface area contributed by atoms with Gasteiger partial charge in [-0.15, -0.1) is 0 Å². The zero-order valence-corrected chi connectivity index (χ0v) is 14.5. The molecule has 0 aliphatic carbocycles. The standard InChI is InChI=1S/C16H23NO4S/c1-15(2,3)21-22-10-17-14(18)19-12-8-6-7-11-9-16(4,5)20-13(11)12/h6-8H,9-10H2,1-5H3,(H,17,18). The predicted octanol–water partition coefficient (Wildman–Crippen LogP) is 3.91. The normalized spacial score (nSPS) is 15.9. The average Bonchev–Trinajstić information content (AvgIpc) is 2.69. The molecule has 1 amide bonds. The largest absolute Gasteiger partial charge is 0.483 e. The lowest BCUT2D eigenvalue weighted by atomic mass is 10.0. The van der Waals surface area contributed by atoms with Gasteiger partial charge in [0.15, 0.2) is 11.5 Å². The van der Waals surface area contributed by atoms with Gasteiger partial charge in [-0.05, 0) is 40.7 Å². The van der Waals surface area contributed by atoms with Gasteiger partial charge in [0.2, 0.25) is 0 Å². The van der Waals surface area contributed by atoms with Crippen molar-refractivity contribution in [1.29, 1.82) is 0 Å². The van der Waals surface area contributed by atoms with Crippen molar-refractivity contribution in [1.82, 2.24) is 5.32 Å². The van der Waals surface area contributed by atoms with Crippen molar-refractivity contribution in [2.75, 3.05) is 5.88 Å². The number of ether oxygens (including phenoxy) is 2. The van der Waals surface area contributed by atoms with Crippen LogP contribution >= 0.6 is 12.0 Å². The van der Waals surface area contributed by atoms with Crippen LogP contribution in [0.15, 0.2) is 18.2 Å². The number of nitrogens with one attached hydrogen (secondary N) is 1. The highest BCUT2D eigenvalue weighted by Crippen LogP contribution is 2.41. The molecule has 0 bridgehead atoms. The molecule has 0 fully saturated rings. The monoisotopic (exact) mass is 325 g/mol. The first-order valence-corrected chi connectivity index (χ1v) is 8.15. The zero-order chi connectivity index (χ0) is 16.4. The van der Waals surface area contributed by atoms with Gasteiger partial charge in [0, 0.05) is 24.0 Å². The van der Waals surface area contributed by atoms with Gasteiger partial charge < -0.3 is 19.0 Å². The molecular formula is C16H23NO4S. The lowest BCUT2D eigenvalue weighted by molar-refractivity contribution is 0.133. The molecule has 0 spiro atoms. The maximum atomic E-state index is 11.8. The number of para-hydroxylation sites is 1. The molecule has 1 aromatic carbocycles. The molecule has 0 atom stereocenters. The lowest BCUT2D eigenvalue weighted by Crippen LogP contribution is -2.28. The van der Waals surface area contributed by atoms with Crippen molar-refractivity contribution in [3.63, 3.8) is 0 Å². The van der Waals surface area contributed by atoms with Gasteiger partial charge >= 0.3 is 6.09 Å². The molecule has 5 nitrogen and oxygen atoms in total. The summed E-state index contributed by atoms with van der Waals surface area (Å²) in [5.41, 5.74) is 0.533. The van der Waals surface area contributed by atoms with Crippen molar-refractivity contribution in [2.24, 2.45) is 0 Å². The number of hydrogen-bond acceptors (Lipinski definition) is 5. The summed E-state index contributed by atoms with van der Waals surface area (Å²) >= 11 is 1.18. The molecule has 22 heavy (non-hydrogen) atoms. The second-order valence-electron chi connectivity index (χ2n) is 6.81. The van der Waals surface area contributed by atoms with E-state index in [4.69, 9.17) is 13.7 Å². The second-order valence-corrected chi connectivity index (χ2v) is 7.50. The van der Waals surface area contributed by atoms with Crippen LogP contribution in [0.5, 0.6) is 11.5 Å². The number of rotatable bonds is 4. The molecule has 0 saturated heterocycles. The van der Waals surface area contributed by atoms with Gasteiger partial charge in [-0.25, -0.2) is 4.79 Å². The number of hydrogen-bond donors (Lipinski definition) is 1. The summed E-state index contributed by atoms with van der Waals surface area (Å²) in [4.78, 5) is 11.8. The summed E-state index contributed by atoms with van der Waals surface area (Å²) in [7, 11) is 0. The average molecular weight is 325 g/mol. The van der Waals surface area contributed by atoms with Crippen LogP contribution in [-0.4, -0.2) is 23.2 Å². The van der Waals surface area contributed by atoms with Crippen molar-refractivity contribution in [3.05, 3.63) is 23.8 Å². The third-order valence-corrected chi connectivity index (χ3v) is 3.72. The first-order valence-electron chi connectivity index (χ1n) is 7.23. The minimum atomic E-state index is -0.522. The van der Waals surface area contributed by atoms with E-state index in [9.17, 15) is 4.79 Å². The third kappa shape index (κ3) is 4.81. The van der Waals surface area contributed by atoms with Crippen LogP contribution in [-0.2, 0) is 10.6 Å². The minimum Gasteiger partial charge on any atom is -0.483 e. The number of carbonyl (C=O) groups is 1. The van der Waals surface area contributed by atoms with Gasteiger partial charge in [-0.3, -0.25) is 0 Å². The molecule has 6 heteroatoms. The fourth-order valence-corrected chi connectivity index (χ4v) is 2.69.